The van der Waals surface area contributed by atoms with E-state index in [0.29, 0.717) is 6.04 Å². The van der Waals surface area contributed by atoms with E-state index in [1.165, 1.54) is 11.5 Å². The fraction of sp³-hybridized carbons (Fsp3) is 0.800. The summed E-state index contributed by atoms with van der Waals surface area (Å²) in [6, 6.07) is 0.572. The van der Waals surface area contributed by atoms with Crippen LogP contribution in [0.3, 0.4) is 0 Å². The number of hydrogen-bond donors (Lipinski definition) is 2. The Morgan fingerprint density at radius 2 is 2.20 bits per heavy atom. The Kier molecular flexibility index (Phi) is 4.98. The lowest BCUT2D eigenvalue weighted by Crippen LogP contribution is -2.26. The number of aromatic nitrogens is 2. The quantitative estimate of drug-likeness (QED) is 0.782. The van der Waals surface area contributed by atoms with Gasteiger partial charge in [-0.15, -0.1) is 0 Å². The van der Waals surface area contributed by atoms with Crippen LogP contribution in [0.1, 0.15) is 39.4 Å². The Morgan fingerprint density at radius 3 is 2.80 bits per heavy atom. The van der Waals surface area contributed by atoms with E-state index >= 15 is 0 Å². The van der Waals surface area contributed by atoms with Gasteiger partial charge < -0.3 is 11.1 Å². The van der Waals surface area contributed by atoms with Gasteiger partial charge in [0.15, 0.2) is 0 Å². The molecule has 1 aromatic rings. The molecular formula is C10H20N4S. The first kappa shape index (κ1) is 12.4. The lowest BCUT2D eigenvalue weighted by atomic mass is 10.1. The molecule has 86 valence electrons. The van der Waals surface area contributed by atoms with Crippen molar-refractivity contribution in [1.82, 2.24) is 9.36 Å². The van der Waals surface area contributed by atoms with Gasteiger partial charge in [-0.3, -0.25) is 0 Å². The molecule has 0 aliphatic carbocycles. The minimum absolute atomic E-state index is 0.218. The third-order valence-corrected chi connectivity index (χ3v) is 2.72. The second-order valence-electron chi connectivity index (χ2n) is 4.02. The van der Waals surface area contributed by atoms with Crippen molar-refractivity contribution < 1.29 is 0 Å². The molecule has 0 fully saturated rings. The van der Waals surface area contributed by atoms with E-state index < -0.39 is 0 Å². The Hall–Kier alpha value is -0.680. The Bertz CT molecular complexity index is 285. The highest BCUT2D eigenvalue weighted by Crippen LogP contribution is 2.14. The highest BCUT2D eigenvalue weighted by Gasteiger charge is 2.08. The summed E-state index contributed by atoms with van der Waals surface area (Å²) in [4.78, 5) is 4.40. The third kappa shape index (κ3) is 4.57. The molecular weight excluding hydrogens is 208 g/mol. The SMILES string of the molecule is CCCc1nsc(NC(C)CC(C)N)n1. The van der Waals surface area contributed by atoms with E-state index in [4.69, 9.17) is 5.73 Å². The number of nitrogens with one attached hydrogen (secondary N) is 1. The fourth-order valence-corrected chi connectivity index (χ4v) is 2.19. The topological polar surface area (TPSA) is 63.8 Å². The van der Waals surface area contributed by atoms with Gasteiger partial charge in [-0.2, -0.15) is 4.37 Å². The molecule has 3 N–H and O–H groups in total. The number of aryl methyl sites for hydroxylation is 1. The number of nitrogens with zero attached hydrogens (tertiary/aromatic N) is 2. The van der Waals surface area contributed by atoms with E-state index in [1.54, 1.807) is 0 Å². The van der Waals surface area contributed by atoms with E-state index in [2.05, 4.69) is 28.5 Å². The van der Waals surface area contributed by atoms with Crippen molar-refractivity contribution in [3.8, 4) is 0 Å². The normalized spacial score (nSPS) is 14.9. The van der Waals surface area contributed by atoms with Gasteiger partial charge in [0, 0.05) is 30.0 Å². The second kappa shape index (κ2) is 6.02. The molecule has 0 amide bonds. The first-order valence-corrected chi connectivity index (χ1v) is 6.23. The van der Waals surface area contributed by atoms with Gasteiger partial charge in [-0.1, -0.05) is 6.92 Å². The summed E-state index contributed by atoms with van der Waals surface area (Å²) in [5.74, 6) is 0.943. The van der Waals surface area contributed by atoms with Crippen molar-refractivity contribution in [2.45, 2.75) is 52.1 Å². The minimum Gasteiger partial charge on any atom is -0.358 e. The standard InChI is InChI=1S/C10H20N4S/c1-4-5-9-13-10(15-14-9)12-8(3)6-7(2)11/h7-8H,4-6,11H2,1-3H3,(H,12,13,14). The average Bonchev–Trinajstić information content (AvgIpc) is 2.51. The molecule has 1 aromatic heterocycles. The number of hydrogen-bond acceptors (Lipinski definition) is 5. The molecule has 0 aromatic carbocycles. The first-order valence-electron chi connectivity index (χ1n) is 5.46. The predicted octanol–water partition coefficient (Wildman–Crippen LogP) is 2.03. The molecule has 0 spiro atoms. The summed E-state index contributed by atoms with van der Waals surface area (Å²) in [5.41, 5.74) is 5.73. The van der Waals surface area contributed by atoms with Crippen LogP contribution in [0.15, 0.2) is 0 Å². The highest BCUT2D eigenvalue weighted by molar-refractivity contribution is 7.09. The molecule has 0 saturated carbocycles. The van der Waals surface area contributed by atoms with Gasteiger partial charge in [-0.05, 0) is 26.7 Å². The monoisotopic (exact) mass is 228 g/mol. The summed E-state index contributed by atoms with van der Waals surface area (Å²) in [5, 5.41) is 4.23. The number of anilines is 1. The van der Waals surface area contributed by atoms with Crippen LogP contribution in [-0.2, 0) is 6.42 Å². The molecule has 0 bridgehead atoms. The summed E-state index contributed by atoms with van der Waals surface area (Å²) in [6.07, 6.45) is 2.99. The smallest absolute Gasteiger partial charge is 0.202 e. The van der Waals surface area contributed by atoms with Crippen molar-refractivity contribution in [1.29, 1.82) is 0 Å². The molecule has 0 saturated heterocycles. The van der Waals surface area contributed by atoms with Gasteiger partial charge in [0.1, 0.15) is 5.82 Å². The second-order valence-corrected chi connectivity index (χ2v) is 4.78. The minimum atomic E-state index is 0.218. The largest absolute Gasteiger partial charge is 0.358 e. The fourth-order valence-electron chi connectivity index (χ4n) is 1.47. The molecule has 0 radical (unpaired) electrons. The van der Waals surface area contributed by atoms with Crippen molar-refractivity contribution in [2.75, 3.05) is 5.32 Å². The number of nitrogens with two attached hydrogens (primary N) is 1. The third-order valence-electron chi connectivity index (χ3n) is 2.04. The average molecular weight is 228 g/mol. The maximum atomic E-state index is 5.73. The Morgan fingerprint density at radius 1 is 1.47 bits per heavy atom. The Balaban J connectivity index is 2.42. The molecule has 4 nitrogen and oxygen atoms in total. The Labute approximate surface area is 95.5 Å². The molecule has 5 heteroatoms. The van der Waals surface area contributed by atoms with Gasteiger partial charge in [0.2, 0.25) is 5.13 Å². The van der Waals surface area contributed by atoms with Crippen molar-refractivity contribution in [3.63, 3.8) is 0 Å². The zero-order chi connectivity index (χ0) is 11.3. The zero-order valence-electron chi connectivity index (χ0n) is 9.66. The van der Waals surface area contributed by atoms with Crippen LogP contribution in [0.4, 0.5) is 5.13 Å². The van der Waals surface area contributed by atoms with E-state index in [-0.39, 0.29) is 6.04 Å². The van der Waals surface area contributed by atoms with Gasteiger partial charge in [0.05, 0.1) is 0 Å². The molecule has 0 aliphatic heterocycles. The van der Waals surface area contributed by atoms with E-state index in [1.807, 2.05) is 6.92 Å². The van der Waals surface area contributed by atoms with Crippen LogP contribution in [0.25, 0.3) is 0 Å². The summed E-state index contributed by atoms with van der Waals surface area (Å²) >= 11 is 1.43. The van der Waals surface area contributed by atoms with Gasteiger partial charge >= 0.3 is 0 Å². The van der Waals surface area contributed by atoms with E-state index in [0.717, 1.165) is 30.2 Å². The first-order chi connectivity index (χ1) is 7.11. The lowest BCUT2D eigenvalue weighted by molar-refractivity contribution is 0.604. The molecule has 2 unspecified atom stereocenters. The molecule has 15 heavy (non-hydrogen) atoms. The highest BCUT2D eigenvalue weighted by atomic mass is 32.1. The van der Waals surface area contributed by atoms with Crippen molar-refractivity contribution >= 4 is 16.7 Å². The van der Waals surface area contributed by atoms with Crippen LogP contribution < -0.4 is 11.1 Å². The van der Waals surface area contributed by atoms with Gasteiger partial charge in [0.25, 0.3) is 0 Å². The summed E-state index contributed by atoms with van der Waals surface area (Å²) in [7, 11) is 0. The van der Waals surface area contributed by atoms with Crippen molar-refractivity contribution in [3.05, 3.63) is 5.82 Å². The maximum absolute atomic E-state index is 5.73. The molecule has 1 rings (SSSR count). The van der Waals surface area contributed by atoms with Crippen molar-refractivity contribution in [2.24, 2.45) is 5.73 Å². The predicted molar refractivity (Wildman–Crippen MR) is 65.3 cm³/mol. The zero-order valence-corrected chi connectivity index (χ0v) is 10.5. The molecule has 2 atom stereocenters. The van der Waals surface area contributed by atoms with E-state index in [9.17, 15) is 0 Å². The van der Waals surface area contributed by atoms with Crippen LogP contribution in [0.2, 0.25) is 0 Å². The molecule has 1 heterocycles. The molecule has 0 aliphatic rings. The van der Waals surface area contributed by atoms with Crippen LogP contribution in [-0.4, -0.2) is 21.4 Å². The maximum Gasteiger partial charge on any atom is 0.202 e. The van der Waals surface area contributed by atoms with Crippen LogP contribution in [0, 0.1) is 0 Å². The van der Waals surface area contributed by atoms with Crippen LogP contribution in [0.5, 0.6) is 0 Å². The summed E-state index contributed by atoms with van der Waals surface area (Å²) < 4.78 is 4.27. The summed E-state index contributed by atoms with van der Waals surface area (Å²) in [6.45, 7) is 6.26. The lowest BCUT2D eigenvalue weighted by Gasteiger charge is -2.14. The van der Waals surface area contributed by atoms with Crippen LogP contribution >= 0.6 is 11.5 Å². The number of rotatable bonds is 6. The van der Waals surface area contributed by atoms with Gasteiger partial charge in [-0.25, -0.2) is 4.98 Å².